The molecule has 2 aromatic carbocycles. The molecule has 29 heavy (non-hydrogen) atoms. The van der Waals surface area contributed by atoms with Gasteiger partial charge in [-0.3, -0.25) is 9.78 Å². The lowest BCUT2D eigenvalue weighted by atomic mass is 10.0. The van der Waals surface area contributed by atoms with Gasteiger partial charge in [0.15, 0.2) is 0 Å². The quantitative estimate of drug-likeness (QED) is 0.674. The Kier molecular flexibility index (Phi) is 6.32. The molecule has 1 aliphatic rings. The van der Waals surface area contributed by atoms with Gasteiger partial charge >= 0.3 is 0 Å². The predicted molar refractivity (Wildman–Crippen MR) is 117 cm³/mol. The van der Waals surface area contributed by atoms with Gasteiger partial charge in [-0.15, -0.1) is 0 Å². The average Bonchev–Trinajstić information content (AvgIpc) is 3.21. The maximum atomic E-state index is 12.7. The molecule has 0 radical (unpaired) electrons. The smallest absolute Gasteiger partial charge is 0.224 e. The van der Waals surface area contributed by atoms with Gasteiger partial charge in [0.05, 0.1) is 12.1 Å². The zero-order valence-electron chi connectivity index (χ0n) is 16.6. The van der Waals surface area contributed by atoms with Crippen molar-refractivity contribution < 1.29 is 4.79 Å². The Morgan fingerprint density at radius 2 is 1.79 bits per heavy atom. The summed E-state index contributed by atoms with van der Waals surface area (Å²) >= 11 is 0. The van der Waals surface area contributed by atoms with Gasteiger partial charge in [0.25, 0.3) is 0 Å². The van der Waals surface area contributed by atoms with Gasteiger partial charge in [0, 0.05) is 37.4 Å². The predicted octanol–water partition coefficient (Wildman–Crippen LogP) is 3.72. The molecule has 0 unspecified atom stereocenters. The van der Waals surface area contributed by atoms with Crippen LogP contribution in [0, 0.1) is 0 Å². The van der Waals surface area contributed by atoms with E-state index in [-0.39, 0.29) is 11.9 Å². The Morgan fingerprint density at radius 1 is 1.00 bits per heavy atom. The van der Waals surface area contributed by atoms with Gasteiger partial charge in [0.2, 0.25) is 5.91 Å². The van der Waals surface area contributed by atoms with Crippen LogP contribution in [0.1, 0.15) is 17.5 Å². The number of carbonyl (C=O) groups excluding carboxylic acids is 1. The highest BCUT2D eigenvalue weighted by Gasteiger charge is 2.23. The average molecular weight is 386 g/mol. The van der Waals surface area contributed by atoms with Gasteiger partial charge in [-0.1, -0.05) is 60.7 Å². The number of pyridine rings is 1. The first-order valence-corrected chi connectivity index (χ1v) is 10.3. The number of amides is 1. The number of likely N-dealkylation sites (tertiary alicyclic amines) is 1. The third-order valence-electron chi connectivity index (χ3n) is 5.51. The first-order valence-electron chi connectivity index (χ1n) is 10.3. The highest BCUT2D eigenvalue weighted by atomic mass is 16.1. The minimum atomic E-state index is 0.0864. The Labute approximate surface area is 172 Å². The molecule has 0 spiro atoms. The lowest BCUT2D eigenvalue weighted by molar-refractivity contribution is -0.121. The number of nitrogens with zero attached hydrogens (tertiary/aromatic N) is 2. The van der Waals surface area contributed by atoms with Crippen molar-refractivity contribution >= 4 is 5.91 Å². The molecule has 1 aromatic heterocycles. The summed E-state index contributed by atoms with van der Waals surface area (Å²) in [5, 5.41) is 3.23. The van der Waals surface area contributed by atoms with E-state index in [1.807, 2.05) is 42.5 Å². The van der Waals surface area contributed by atoms with Crippen LogP contribution in [0.4, 0.5) is 0 Å². The lowest BCUT2D eigenvalue weighted by Crippen LogP contribution is -2.38. The van der Waals surface area contributed by atoms with Crippen LogP contribution in [0.2, 0.25) is 0 Å². The molecule has 0 saturated carbocycles. The van der Waals surface area contributed by atoms with Crippen LogP contribution in [0.5, 0.6) is 0 Å². The second-order valence-corrected chi connectivity index (χ2v) is 7.64. The fourth-order valence-electron chi connectivity index (χ4n) is 3.98. The molecular formula is C25H27N3O. The van der Waals surface area contributed by atoms with Crippen LogP contribution in [-0.4, -0.2) is 41.5 Å². The first-order chi connectivity index (χ1) is 14.3. The van der Waals surface area contributed by atoms with E-state index in [0.717, 1.165) is 49.3 Å². The molecule has 3 aromatic rings. The summed E-state index contributed by atoms with van der Waals surface area (Å²) in [7, 11) is 0. The molecule has 4 nitrogen and oxygen atoms in total. The topological polar surface area (TPSA) is 45.2 Å². The van der Waals surface area contributed by atoms with E-state index in [0.29, 0.717) is 6.42 Å². The van der Waals surface area contributed by atoms with Crippen LogP contribution >= 0.6 is 0 Å². The molecule has 0 bridgehead atoms. The summed E-state index contributed by atoms with van der Waals surface area (Å²) in [5.74, 6) is 0.0864. The van der Waals surface area contributed by atoms with Gasteiger partial charge in [-0.05, 0) is 36.1 Å². The molecule has 1 atom stereocenters. The molecular weight excluding hydrogens is 358 g/mol. The summed E-state index contributed by atoms with van der Waals surface area (Å²) in [6.07, 6.45) is 4.24. The summed E-state index contributed by atoms with van der Waals surface area (Å²) in [5.41, 5.74) is 4.32. The number of hydrogen-bond donors (Lipinski definition) is 1. The van der Waals surface area contributed by atoms with Crippen molar-refractivity contribution in [2.45, 2.75) is 25.3 Å². The van der Waals surface area contributed by atoms with Crippen molar-refractivity contribution in [2.75, 3.05) is 19.6 Å². The molecule has 148 valence electrons. The van der Waals surface area contributed by atoms with E-state index in [2.05, 4.69) is 45.5 Å². The van der Waals surface area contributed by atoms with Gasteiger partial charge in [-0.2, -0.15) is 0 Å². The molecule has 4 heteroatoms. The highest BCUT2D eigenvalue weighted by Crippen LogP contribution is 2.22. The minimum absolute atomic E-state index is 0.0864. The number of nitrogens with one attached hydrogen (secondary N) is 1. The van der Waals surface area contributed by atoms with Crippen molar-refractivity contribution in [2.24, 2.45) is 0 Å². The Balaban J connectivity index is 1.30. The maximum absolute atomic E-state index is 12.7. The van der Waals surface area contributed by atoms with Gasteiger partial charge in [-0.25, -0.2) is 0 Å². The normalized spacial score (nSPS) is 16.6. The molecule has 1 amide bonds. The van der Waals surface area contributed by atoms with E-state index in [1.54, 1.807) is 6.20 Å². The van der Waals surface area contributed by atoms with Crippen LogP contribution in [0.15, 0.2) is 79.0 Å². The first kappa shape index (κ1) is 19.3. The van der Waals surface area contributed by atoms with E-state index < -0.39 is 0 Å². The third kappa shape index (κ3) is 5.30. The second kappa shape index (κ2) is 9.48. The SMILES string of the molecule is O=C(Cc1ccccc1-c1ccccn1)N[C@H]1CCN(CCc2ccccc2)C1. The van der Waals surface area contributed by atoms with Crippen molar-refractivity contribution in [3.63, 3.8) is 0 Å². The standard InChI is InChI=1S/C25H27N3O/c29-25(18-21-10-4-5-11-23(21)24-12-6-7-15-26-24)27-22-14-17-28(19-22)16-13-20-8-2-1-3-9-20/h1-12,15,22H,13-14,16-19H2,(H,27,29)/t22-/m0/s1. The van der Waals surface area contributed by atoms with Crippen molar-refractivity contribution in [3.05, 3.63) is 90.1 Å². The van der Waals surface area contributed by atoms with Crippen molar-refractivity contribution in [3.8, 4) is 11.3 Å². The largest absolute Gasteiger partial charge is 0.352 e. The second-order valence-electron chi connectivity index (χ2n) is 7.64. The van der Waals surface area contributed by atoms with E-state index in [4.69, 9.17) is 0 Å². The van der Waals surface area contributed by atoms with E-state index in [9.17, 15) is 4.79 Å². The Hall–Kier alpha value is -2.98. The lowest BCUT2D eigenvalue weighted by Gasteiger charge is -2.17. The monoisotopic (exact) mass is 385 g/mol. The summed E-state index contributed by atoms with van der Waals surface area (Å²) in [4.78, 5) is 19.6. The molecule has 2 heterocycles. The number of carbonyl (C=O) groups is 1. The van der Waals surface area contributed by atoms with Crippen LogP contribution in [0.3, 0.4) is 0 Å². The fraction of sp³-hybridized carbons (Fsp3) is 0.280. The Morgan fingerprint density at radius 3 is 2.62 bits per heavy atom. The third-order valence-corrected chi connectivity index (χ3v) is 5.51. The Bertz CT molecular complexity index is 927. The molecule has 4 rings (SSSR count). The zero-order valence-corrected chi connectivity index (χ0v) is 16.6. The number of hydrogen-bond acceptors (Lipinski definition) is 3. The van der Waals surface area contributed by atoms with Crippen LogP contribution in [-0.2, 0) is 17.6 Å². The fourth-order valence-corrected chi connectivity index (χ4v) is 3.98. The molecule has 0 aliphatic carbocycles. The maximum Gasteiger partial charge on any atom is 0.224 e. The number of rotatable bonds is 7. The highest BCUT2D eigenvalue weighted by molar-refractivity contribution is 5.81. The zero-order chi connectivity index (χ0) is 19.9. The molecule has 1 fully saturated rings. The van der Waals surface area contributed by atoms with Crippen molar-refractivity contribution in [1.82, 2.24) is 15.2 Å². The minimum Gasteiger partial charge on any atom is -0.352 e. The van der Waals surface area contributed by atoms with Crippen LogP contribution < -0.4 is 5.32 Å². The van der Waals surface area contributed by atoms with E-state index in [1.165, 1.54) is 5.56 Å². The molecule has 1 saturated heterocycles. The number of benzene rings is 2. The summed E-state index contributed by atoms with van der Waals surface area (Å²) in [6.45, 7) is 3.02. The van der Waals surface area contributed by atoms with Gasteiger partial charge in [0.1, 0.15) is 0 Å². The van der Waals surface area contributed by atoms with Gasteiger partial charge < -0.3 is 10.2 Å². The summed E-state index contributed by atoms with van der Waals surface area (Å²) < 4.78 is 0. The molecule has 1 N–H and O–H groups in total. The van der Waals surface area contributed by atoms with E-state index >= 15 is 0 Å². The molecule has 1 aliphatic heterocycles. The summed E-state index contributed by atoms with van der Waals surface area (Å²) in [6, 6.07) is 24.7. The number of aromatic nitrogens is 1. The van der Waals surface area contributed by atoms with Crippen molar-refractivity contribution in [1.29, 1.82) is 0 Å². The van der Waals surface area contributed by atoms with Crippen LogP contribution in [0.25, 0.3) is 11.3 Å².